The van der Waals surface area contributed by atoms with Crippen LogP contribution in [0.1, 0.15) is 5.56 Å². The minimum atomic E-state index is -0.286. The number of hydroxylamine groups is 2. The number of hydrogen-bond acceptors (Lipinski definition) is 5. The molecule has 1 N–H and O–H groups in total. The van der Waals surface area contributed by atoms with Crippen molar-refractivity contribution in [1.29, 1.82) is 0 Å². The molecule has 3 rings (SSSR count). The molecule has 0 bridgehead atoms. The van der Waals surface area contributed by atoms with Gasteiger partial charge >= 0.3 is 0 Å². The first-order valence-electron chi connectivity index (χ1n) is 6.57. The van der Waals surface area contributed by atoms with Crippen LogP contribution in [0.2, 0.25) is 5.02 Å². The van der Waals surface area contributed by atoms with Crippen molar-refractivity contribution >= 4 is 34.9 Å². The molecule has 1 aromatic carbocycles. The highest BCUT2D eigenvalue weighted by molar-refractivity contribution is 8.01. The van der Waals surface area contributed by atoms with Crippen molar-refractivity contribution in [2.75, 3.05) is 0 Å². The highest BCUT2D eigenvalue weighted by Crippen LogP contribution is 2.35. The van der Waals surface area contributed by atoms with Gasteiger partial charge in [-0.15, -0.1) is 0 Å². The molecule has 0 aliphatic carbocycles. The van der Waals surface area contributed by atoms with Gasteiger partial charge in [0.1, 0.15) is 14.6 Å². The molecule has 0 radical (unpaired) electrons. The van der Waals surface area contributed by atoms with E-state index in [9.17, 15) is 10.0 Å². The molecule has 2 heterocycles. The van der Waals surface area contributed by atoms with Gasteiger partial charge in [0, 0.05) is 6.20 Å². The predicted octanol–water partition coefficient (Wildman–Crippen LogP) is 3.80. The number of aromatic nitrogens is 1. The topological polar surface area (TPSA) is 45.5 Å². The molecular weight excluding hydrogens is 340 g/mol. The molecule has 4 nitrogen and oxygen atoms in total. The Morgan fingerprint density at radius 2 is 2.05 bits per heavy atom. The minimum Gasteiger partial charge on any atom is -0.288 e. The standard InChI is InChI=1S/C15H13ClN2O2S2/c16-13-14(19)18(10-11-6-2-1-3-7-11)22-15(13)21-12-8-4-5-9-17(12)20/h1-9,12,20H,10H2. The van der Waals surface area contributed by atoms with Crippen molar-refractivity contribution in [2.45, 2.75) is 16.1 Å². The lowest BCUT2D eigenvalue weighted by Crippen LogP contribution is -2.23. The summed E-state index contributed by atoms with van der Waals surface area (Å²) in [4.78, 5) is 12.2. The second-order valence-corrected chi connectivity index (χ2v) is 7.43. The Balaban J connectivity index is 1.82. The molecule has 0 spiro atoms. The van der Waals surface area contributed by atoms with E-state index in [1.54, 1.807) is 16.2 Å². The molecule has 1 aromatic heterocycles. The van der Waals surface area contributed by atoms with Gasteiger partial charge in [-0.3, -0.25) is 14.0 Å². The average Bonchev–Trinajstić information content (AvgIpc) is 2.79. The van der Waals surface area contributed by atoms with Crippen molar-refractivity contribution in [3.8, 4) is 0 Å². The number of halogens is 1. The average molecular weight is 353 g/mol. The molecule has 0 saturated carbocycles. The minimum absolute atomic E-state index is 0.196. The molecule has 1 aliphatic rings. The largest absolute Gasteiger partial charge is 0.288 e. The molecule has 1 aliphatic heterocycles. The lowest BCUT2D eigenvalue weighted by molar-refractivity contribution is -0.0407. The molecular formula is C15H13ClN2O2S2. The summed E-state index contributed by atoms with van der Waals surface area (Å²) >= 11 is 8.83. The number of allylic oxidation sites excluding steroid dienone is 2. The van der Waals surface area contributed by atoms with Crippen LogP contribution >= 0.6 is 34.9 Å². The third-order valence-electron chi connectivity index (χ3n) is 3.07. The van der Waals surface area contributed by atoms with Gasteiger partial charge in [-0.05, 0) is 29.2 Å². The van der Waals surface area contributed by atoms with Crippen LogP contribution in [0.3, 0.4) is 0 Å². The van der Waals surface area contributed by atoms with E-state index in [0.717, 1.165) is 10.6 Å². The fraction of sp³-hybridized carbons (Fsp3) is 0.133. The number of nitrogens with zero attached hydrogens (tertiary/aromatic N) is 2. The van der Waals surface area contributed by atoms with Crippen LogP contribution in [0, 0.1) is 0 Å². The Kier molecular flexibility index (Phi) is 4.73. The van der Waals surface area contributed by atoms with Gasteiger partial charge in [-0.2, -0.15) is 0 Å². The van der Waals surface area contributed by atoms with Gasteiger partial charge in [-0.1, -0.05) is 59.8 Å². The molecule has 2 aromatic rings. The summed E-state index contributed by atoms with van der Waals surface area (Å²) < 4.78 is 2.33. The Morgan fingerprint density at radius 3 is 2.77 bits per heavy atom. The van der Waals surface area contributed by atoms with E-state index in [4.69, 9.17) is 11.6 Å². The van der Waals surface area contributed by atoms with Crippen molar-refractivity contribution in [3.05, 3.63) is 75.7 Å². The van der Waals surface area contributed by atoms with Crippen LogP contribution in [-0.4, -0.2) is 19.6 Å². The summed E-state index contributed by atoms with van der Waals surface area (Å²) in [6.07, 6.45) is 6.99. The van der Waals surface area contributed by atoms with E-state index in [1.807, 2.05) is 42.5 Å². The van der Waals surface area contributed by atoms with Crippen LogP contribution in [0.5, 0.6) is 0 Å². The zero-order valence-corrected chi connectivity index (χ0v) is 13.8. The summed E-state index contributed by atoms with van der Waals surface area (Å²) in [5.41, 5.74) is 0.848. The molecule has 0 amide bonds. The third kappa shape index (κ3) is 3.30. The first-order chi connectivity index (χ1) is 10.6. The molecule has 1 atom stereocenters. The van der Waals surface area contributed by atoms with Crippen LogP contribution in [0.15, 0.2) is 63.8 Å². The SMILES string of the molecule is O=c1c(Cl)c(SC2C=CC=CN2O)sn1Cc1ccccc1. The van der Waals surface area contributed by atoms with Gasteiger partial charge in [0.05, 0.1) is 6.54 Å². The molecule has 22 heavy (non-hydrogen) atoms. The summed E-state index contributed by atoms with van der Waals surface area (Å²) in [5.74, 6) is 0. The first kappa shape index (κ1) is 15.4. The first-order valence-corrected chi connectivity index (χ1v) is 8.60. The van der Waals surface area contributed by atoms with Crippen LogP contribution < -0.4 is 5.56 Å². The highest BCUT2D eigenvalue weighted by Gasteiger charge is 2.20. The molecule has 1 unspecified atom stereocenters. The second-order valence-electron chi connectivity index (χ2n) is 4.63. The van der Waals surface area contributed by atoms with Crippen molar-refractivity contribution in [2.24, 2.45) is 0 Å². The molecule has 114 valence electrons. The van der Waals surface area contributed by atoms with Crippen LogP contribution in [0.25, 0.3) is 0 Å². The number of rotatable bonds is 4. The monoisotopic (exact) mass is 352 g/mol. The van der Waals surface area contributed by atoms with Crippen LogP contribution in [-0.2, 0) is 6.54 Å². The lowest BCUT2D eigenvalue weighted by atomic mass is 10.2. The van der Waals surface area contributed by atoms with Gasteiger partial charge < -0.3 is 0 Å². The maximum absolute atomic E-state index is 12.2. The lowest BCUT2D eigenvalue weighted by Gasteiger charge is -2.22. The Bertz CT molecular complexity index is 768. The third-order valence-corrected chi connectivity index (χ3v) is 6.07. The van der Waals surface area contributed by atoms with Gasteiger partial charge in [0.2, 0.25) is 0 Å². The van der Waals surface area contributed by atoms with Gasteiger partial charge in [0.25, 0.3) is 5.56 Å². The van der Waals surface area contributed by atoms with Crippen molar-refractivity contribution in [3.63, 3.8) is 0 Å². The van der Waals surface area contributed by atoms with Crippen LogP contribution in [0.4, 0.5) is 0 Å². The second kappa shape index (κ2) is 6.75. The van der Waals surface area contributed by atoms with E-state index < -0.39 is 0 Å². The fourth-order valence-corrected chi connectivity index (χ4v) is 4.62. The summed E-state index contributed by atoms with van der Waals surface area (Å²) in [5, 5.41) is 10.8. The maximum Gasteiger partial charge on any atom is 0.280 e. The molecule has 0 saturated heterocycles. The zero-order valence-electron chi connectivity index (χ0n) is 11.4. The Hall–Kier alpha value is -1.47. The van der Waals surface area contributed by atoms with Crippen molar-refractivity contribution in [1.82, 2.24) is 9.02 Å². The fourth-order valence-electron chi connectivity index (χ4n) is 1.98. The summed E-state index contributed by atoms with van der Waals surface area (Å²) in [6, 6.07) is 9.75. The zero-order chi connectivity index (χ0) is 15.5. The highest BCUT2D eigenvalue weighted by atomic mass is 35.5. The van der Waals surface area contributed by atoms with E-state index >= 15 is 0 Å². The number of benzene rings is 1. The van der Waals surface area contributed by atoms with E-state index in [2.05, 4.69) is 0 Å². The van der Waals surface area contributed by atoms with Gasteiger partial charge in [0.15, 0.2) is 0 Å². The summed E-state index contributed by atoms with van der Waals surface area (Å²) in [7, 11) is 0. The predicted molar refractivity (Wildman–Crippen MR) is 90.7 cm³/mol. The number of thioether (sulfide) groups is 1. The maximum atomic E-state index is 12.2. The van der Waals surface area contributed by atoms with E-state index in [1.165, 1.54) is 23.3 Å². The smallest absolute Gasteiger partial charge is 0.280 e. The molecule has 0 fully saturated rings. The molecule has 7 heteroatoms. The summed E-state index contributed by atoms with van der Waals surface area (Å²) in [6.45, 7) is 0.494. The Morgan fingerprint density at radius 1 is 1.27 bits per heavy atom. The normalized spacial score (nSPS) is 17.2. The van der Waals surface area contributed by atoms with Crippen molar-refractivity contribution < 1.29 is 5.21 Å². The van der Waals surface area contributed by atoms with E-state index in [-0.39, 0.29) is 16.0 Å². The Labute approximate surface area is 141 Å². The van der Waals surface area contributed by atoms with Gasteiger partial charge in [-0.25, -0.2) is 5.06 Å². The quantitative estimate of drug-likeness (QED) is 0.909. The number of hydrogen-bond donors (Lipinski definition) is 1. The van der Waals surface area contributed by atoms with E-state index in [0.29, 0.717) is 10.8 Å².